The SMILES string of the molecule is CN=CNNC(=N)N. The normalized spacial score (nSPS) is 9.12. The summed E-state index contributed by atoms with van der Waals surface area (Å²) in [5.41, 5.74) is 9.63. The minimum Gasteiger partial charge on any atom is -0.369 e. The van der Waals surface area contributed by atoms with Crippen LogP contribution in [0.1, 0.15) is 0 Å². The van der Waals surface area contributed by atoms with Crippen molar-refractivity contribution in [2.75, 3.05) is 7.05 Å². The molecule has 0 aliphatic rings. The average Bonchev–Trinajstić information content (AvgIpc) is 1.66. The Morgan fingerprint density at radius 1 is 1.88 bits per heavy atom. The van der Waals surface area contributed by atoms with E-state index in [0.717, 1.165) is 0 Å². The molecular weight excluding hydrogens is 106 g/mol. The van der Waals surface area contributed by atoms with Crippen molar-refractivity contribution in [3.63, 3.8) is 0 Å². The minimum absolute atomic E-state index is 0.134. The van der Waals surface area contributed by atoms with Crippen molar-refractivity contribution in [1.82, 2.24) is 10.9 Å². The third-order valence-corrected chi connectivity index (χ3v) is 0.400. The molecule has 0 unspecified atom stereocenters. The molecule has 5 nitrogen and oxygen atoms in total. The van der Waals surface area contributed by atoms with Gasteiger partial charge in [0.05, 0.1) is 0 Å². The first-order valence-corrected chi connectivity index (χ1v) is 2.03. The van der Waals surface area contributed by atoms with E-state index in [0.29, 0.717) is 0 Å². The fraction of sp³-hybridized carbons (Fsp3) is 0.333. The molecule has 0 heterocycles. The largest absolute Gasteiger partial charge is 0.369 e. The fourth-order valence-electron chi connectivity index (χ4n) is 0.175. The monoisotopic (exact) mass is 115 g/mol. The van der Waals surface area contributed by atoms with Crippen LogP contribution in [0.3, 0.4) is 0 Å². The lowest BCUT2D eigenvalue weighted by atomic mass is 11.1. The standard InChI is InChI=1S/C3H9N5/c1-6-2-7-8-3(4)5/h2H,1H3,(H,6,7)(H4,4,5,8). The van der Waals surface area contributed by atoms with Crippen LogP contribution in [0.4, 0.5) is 0 Å². The van der Waals surface area contributed by atoms with Gasteiger partial charge in [0.1, 0.15) is 6.34 Å². The number of guanidine groups is 1. The molecule has 0 aliphatic carbocycles. The molecule has 0 fully saturated rings. The summed E-state index contributed by atoms with van der Waals surface area (Å²) in [6.07, 6.45) is 1.39. The molecular formula is C3H9N5. The van der Waals surface area contributed by atoms with E-state index in [1.54, 1.807) is 7.05 Å². The van der Waals surface area contributed by atoms with Crippen LogP contribution in [-0.2, 0) is 0 Å². The van der Waals surface area contributed by atoms with Gasteiger partial charge in [-0.05, 0) is 0 Å². The second-order valence-corrected chi connectivity index (χ2v) is 1.07. The lowest BCUT2D eigenvalue weighted by Crippen LogP contribution is -2.40. The molecule has 0 saturated heterocycles. The fourth-order valence-corrected chi connectivity index (χ4v) is 0.175. The zero-order valence-corrected chi connectivity index (χ0v) is 4.60. The molecule has 5 N–H and O–H groups in total. The second kappa shape index (κ2) is 3.91. The molecule has 0 saturated carbocycles. The Kier molecular flexibility index (Phi) is 3.30. The van der Waals surface area contributed by atoms with Crippen molar-refractivity contribution in [2.45, 2.75) is 0 Å². The summed E-state index contributed by atoms with van der Waals surface area (Å²) < 4.78 is 0. The molecule has 0 bridgehead atoms. The molecule has 0 aliphatic heterocycles. The molecule has 0 aromatic rings. The lowest BCUT2D eigenvalue weighted by molar-refractivity contribution is 0.862. The van der Waals surface area contributed by atoms with Crippen molar-refractivity contribution in [1.29, 1.82) is 5.41 Å². The minimum atomic E-state index is -0.134. The first-order valence-electron chi connectivity index (χ1n) is 2.03. The molecule has 8 heavy (non-hydrogen) atoms. The summed E-state index contributed by atoms with van der Waals surface area (Å²) in [6.45, 7) is 0. The molecule has 46 valence electrons. The Hall–Kier alpha value is -1.26. The number of nitrogens with zero attached hydrogens (tertiary/aromatic N) is 1. The van der Waals surface area contributed by atoms with E-state index in [1.165, 1.54) is 6.34 Å². The summed E-state index contributed by atoms with van der Waals surface area (Å²) in [7, 11) is 1.61. The Bertz CT molecular complexity index is 95.8. The summed E-state index contributed by atoms with van der Waals surface area (Å²) in [5.74, 6) is -0.134. The molecule has 0 radical (unpaired) electrons. The number of rotatable bonds is 2. The van der Waals surface area contributed by atoms with Crippen molar-refractivity contribution >= 4 is 12.3 Å². The van der Waals surface area contributed by atoms with Crippen LogP contribution < -0.4 is 16.6 Å². The Labute approximate surface area is 47.5 Å². The van der Waals surface area contributed by atoms with Gasteiger partial charge in [-0.1, -0.05) is 0 Å². The first kappa shape index (κ1) is 6.74. The predicted molar refractivity (Wildman–Crippen MR) is 32.6 cm³/mol. The highest BCUT2D eigenvalue weighted by molar-refractivity contribution is 5.75. The van der Waals surface area contributed by atoms with E-state index < -0.39 is 0 Å². The van der Waals surface area contributed by atoms with Crippen molar-refractivity contribution < 1.29 is 0 Å². The van der Waals surface area contributed by atoms with E-state index in [-0.39, 0.29) is 5.96 Å². The summed E-state index contributed by atoms with van der Waals surface area (Å²) in [4.78, 5) is 3.56. The second-order valence-electron chi connectivity index (χ2n) is 1.07. The molecule has 0 spiro atoms. The Morgan fingerprint density at radius 2 is 2.50 bits per heavy atom. The molecule has 0 rings (SSSR count). The maximum Gasteiger partial charge on any atom is 0.204 e. The van der Waals surface area contributed by atoms with Crippen LogP contribution in [0.15, 0.2) is 4.99 Å². The van der Waals surface area contributed by atoms with E-state index in [1.807, 2.05) is 0 Å². The van der Waals surface area contributed by atoms with Gasteiger partial charge in [0.2, 0.25) is 5.96 Å². The number of nitrogens with one attached hydrogen (secondary N) is 3. The quantitative estimate of drug-likeness (QED) is 0.203. The average molecular weight is 115 g/mol. The van der Waals surface area contributed by atoms with Crippen LogP contribution in [0.5, 0.6) is 0 Å². The van der Waals surface area contributed by atoms with E-state index in [2.05, 4.69) is 15.8 Å². The van der Waals surface area contributed by atoms with Gasteiger partial charge in [-0.25, -0.2) is 0 Å². The van der Waals surface area contributed by atoms with Gasteiger partial charge in [0, 0.05) is 7.05 Å². The van der Waals surface area contributed by atoms with E-state index in [4.69, 9.17) is 11.1 Å². The van der Waals surface area contributed by atoms with E-state index in [9.17, 15) is 0 Å². The zero-order chi connectivity index (χ0) is 6.41. The third-order valence-electron chi connectivity index (χ3n) is 0.400. The van der Waals surface area contributed by atoms with Gasteiger partial charge in [-0.2, -0.15) is 0 Å². The summed E-state index contributed by atoms with van der Waals surface area (Å²) in [5, 5.41) is 6.62. The van der Waals surface area contributed by atoms with E-state index >= 15 is 0 Å². The Balaban J connectivity index is 3.05. The maximum absolute atomic E-state index is 6.62. The number of hydrazine groups is 1. The highest BCUT2D eigenvalue weighted by Crippen LogP contribution is 1.42. The summed E-state index contributed by atoms with van der Waals surface area (Å²) >= 11 is 0. The number of hydrogen-bond acceptors (Lipinski definition) is 2. The van der Waals surface area contributed by atoms with Gasteiger partial charge in [0.15, 0.2) is 0 Å². The smallest absolute Gasteiger partial charge is 0.204 e. The van der Waals surface area contributed by atoms with Crippen molar-refractivity contribution in [3.05, 3.63) is 0 Å². The topological polar surface area (TPSA) is 86.3 Å². The molecule has 0 aromatic heterocycles. The van der Waals surface area contributed by atoms with Gasteiger partial charge < -0.3 is 5.73 Å². The van der Waals surface area contributed by atoms with Gasteiger partial charge in [-0.15, -0.1) is 0 Å². The first-order chi connectivity index (χ1) is 3.77. The van der Waals surface area contributed by atoms with Crippen molar-refractivity contribution in [3.8, 4) is 0 Å². The van der Waals surface area contributed by atoms with Gasteiger partial charge in [-0.3, -0.25) is 21.3 Å². The lowest BCUT2D eigenvalue weighted by Gasteiger charge is -1.98. The van der Waals surface area contributed by atoms with Gasteiger partial charge in [0.25, 0.3) is 0 Å². The van der Waals surface area contributed by atoms with Crippen LogP contribution in [0.25, 0.3) is 0 Å². The molecule has 0 atom stereocenters. The van der Waals surface area contributed by atoms with Crippen LogP contribution >= 0.6 is 0 Å². The van der Waals surface area contributed by atoms with Crippen LogP contribution in [0.2, 0.25) is 0 Å². The van der Waals surface area contributed by atoms with Gasteiger partial charge >= 0.3 is 0 Å². The predicted octanol–water partition coefficient (Wildman–Crippen LogP) is -1.37. The van der Waals surface area contributed by atoms with Crippen molar-refractivity contribution in [2.24, 2.45) is 10.7 Å². The summed E-state index contributed by atoms with van der Waals surface area (Å²) in [6, 6.07) is 0. The third kappa shape index (κ3) is 4.74. The molecule has 0 amide bonds. The number of nitrogens with two attached hydrogens (primary N) is 1. The Morgan fingerprint density at radius 3 is 2.88 bits per heavy atom. The number of hydrogen-bond donors (Lipinski definition) is 4. The molecule has 0 aromatic carbocycles. The maximum atomic E-state index is 6.62. The molecule has 5 heteroatoms. The van der Waals surface area contributed by atoms with Crippen LogP contribution in [0, 0.1) is 5.41 Å². The highest BCUT2D eigenvalue weighted by Gasteiger charge is 1.75. The highest BCUT2D eigenvalue weighted by atomic mass is 15.4. The van der Waals surface area contributed by atoms with Crippen LogP contribution in [-0.4, -0.2) is 19.3 Å². The number of aliphatic imine (C=N–C) groups is 1. The zero-order valence-electron chi connectivity index (χ0n) is 4.60.